The molecule has 0 aromatic carbocycles. The van der Waals surface area contributed by atoms with E-state index in [0.717, 1.165) is 0 Å². The summed E-state index contributed by atoms with van der Waals surface area (Å²) < 4.78 is 26.6. The van der Waals surface area contributed by atoms with Crippen molar-refractivity contribution in [3.63, 3.8) is 0 Å². The number of nitrogens with zero attached hydrogens (tertiary/aromatic N) is 2. The van der Waals surface area contributed by atoms with Crippen LogP contribution in [0.1, 0.15) is 0 Å². The fourth-order valence-electron chi connectivity index (χ4n) is 0.678. The number of imidazole rings is 1. The summed E-state index contributed by atoms with van der Waals surface area (Å²) in [5, 5.41) is 4.60. The van der Waals surface area contributed by atoms with Crippen LogP contribution in [0.5, 0.6) is 0 Å². The molecule has 1 heterocycles. The number of hydrogen-bond acceptors (Lipinski definition) is 4. The molecule has 1 aromatic rings. The van der Waals surface area contributed by atoms with E-state index in [9.17, 15) is 8.42 Å². The van der Waals surface area contributed by atoms with Crippen LogP contribution in [0, 0.1) is 0 Å². The predicted molar refractivity (Wildman–Crippen MR) is 48.5 cm³/mol. The SMILES string of the molecule is Cl.NS(=O)(=O)OCCn1ccnc1. The Morgan fingerprint density at radius 3 is 2.69 bits per heavy atom. The van der Waals surface area contributed by atoms with Crippen molar-refractivity contribution in [1.29, 1.82) is 0 Å². The van der Waals surface area contributed by atoms with Gasteiger partial charge < -0.3 is 4.57 Å². The van der Waals surface area contributed by atoms with E-state index in [0.29, 0.717) is 6.54 Å². The summed E-state index contributed by atoms with van der Waals surface area (Å²) in [4.78, 5) is 3.76. The van der Waals surface area contributed by atoms with E-state index in [2.05, 4.69) is 14.3 Å². The second kappa shape index (κ2) is 5.18. The zero-order valence-electron chi connectivity index (χ0n) is 6.66. The van der Waals surface area contributed by atoms with Crippen molar-refractivity contribution in [1.82, 2.24) is 9.55 Å². The molecule has 0 aliphatic carbocycles. The van der Waals surface area contributed by atoms with Gasteiger partial charge in [0.05, 0.1) is 12.9 Å². The van der Waals surface area contributed by atoms with Gasteiger partial charge in [0.25, 0.3) is 0 Å². The summed E-state index contributed by atoms with van der Waals surface area (Å²) in [6.07, 6.45) is 4.86. The molecular weight excluding hydrogens is 218 g/mol. The van der Waals surface area contributed by atoms with Crippen LogP contribution >= 0.6 is 12.4 Å². The molecule has 0 radical (unpaired) electrons. The summed E-state index contributed by atoms with van der Waals surface area (Å²) in [5.41, 5.74) is 0. The van der Waals surface area contributed by atoms with E-state index in [-0.39, 0.29) is 19.0 Å². The molecule has 0 unspecified atom stereocenters. The molecule has 0 atom stereocenters. The van der Waals surface area contributed by atoms with Crippen LogP contribution in [0.25, 0.3) is 0 Å². The van der Waals surface area contributed by atoms with Crippen LogP contribution in [0.4, 0.5) is 0 Å². The molecule has 76 valence electrons. The average molecular weight is 228 g/mol. The molecule has 0 saturated heterocycles. The zero-order valence-corrected chi connectivity index (χ0v) is 8.29. The largest absolute Gasteiger partial charge is 0.335 e. The van der Waals surface area contributed by atoms with Crippen molar-refractivity contribution in [2.75, 3.05) is 6.61 Å². The maximum absolute atomic E-state index is 10.3. The van der Waals surface area contributed by atoms with Crippen molar-refractivity contribution >= 4 is 22.7 Å². The molecule has 2 N–H and O–H groups in total. The number of nitrogens with two attached hydrogens (primary N) is 1. The van der Waals surface area contributed by atoms with Gasteiger partial charge in [0, 0.05) is 18.9 Å². The second-order valence-corrected chi connectivity index (χ2v) is 3.34. The Balaban J connectivity index is 0.00000144. The van der Waals surface area contributed by atoms with Gasteiger partial charge in [-0.2, -0.15) is 8.42 Å². The average Bonchev–Trinajstić information content (AvgIpc) is 2.36. The quantitative estimate of drug-likeness (QED) is 0.753. The predicted octanol–water partition coefficient (Wildman–Crippen LogP) is -0.475. The lowest BCUT2D eigenvalue weighted by Gasteiger charge is -2.00. The highest BCUT2D eigenvalue weighted by atomic mass is 35.5. The highest BCUT2D eigenvalue weighted by molar-refractivity contribution is 7.84. The number of halogens is 1. The third-order valence-corrected chi connectivity index (χ3v) is 1.65. The minimum absolute atomic E-state index is 0. The third kappa shape index (κ3) is 5.58. The molecule has 0 aliphatic rings. The first-order valence-electron chi connectivity index (χ1n) is 3.21. The van der Waals surface area contributed by atoms with Crippen molar-refractivity contribution < 1.29 is 12.6 Å². The minimum atomic E-state index is -3.81. The van der Waals surface area contributed by atoms with Gasteiger partial charge in [-0.15, -0.1) is 12.4 Å². The molecule has 8 heteroatoms. The molecule has 6 nitrogen and oxygen atoms in total. The lowest BCUT2D eigenvalue weighted by molar-refractivity contribution is 0.301. The second-order valence-electron chi connectivity index (χ2n) is 2.12. The summed E-state index contributed by atoms with van der Waals surface area (Å²) in [6, 6.07) is 0. The standard InChI is InChI=1S/C5H9N3O3S.ClH/c6-12(9,10)11-4-3-8-2-1-7-5-8;/h1-2,5H,3-4H2,(H2,6,9,10);1H. The lowest BCUT2D eigenvalue weighted by atomic mass is 10.7. The van der Waals surface area contributed by atoms with E-state index in [1.807, 2.05) is 0 Å². The molecule has 0 spiro atoms. The molecule has 0 fully saturated rings. The smallest absolute Gasteiger partial charge is 0.333 e. The Morgan fingerprint density at radius 2 is 2.23 bits per heavy atom. The van der Waals surface area contributed by atoms with Gasteiger partial charge >= 0.3 is 10.3 Å². The first-order chi connectivity index (χ1) is 5.58. The molecule has 13 heavy (non-hydrogen) atoms. The van der Waals surface area contributed by atoms with E-state index in [4.69, 9.17) is 0 Å². The van der Waals surface area contributed by atoms with Gasteiger partial charge in [0.1, 0.15) is 0 Å². The molecule has 0 aliphatic heterocycles. The fourth-order valence-corrected chi connectivity index (χ4v) is 0.985. The first-order valence-corrected chi connectivity index (χ1v) is 4.68. The van der Waals surface area contributed by atoms with E-state index >= 15 is 0 Å². The fraction of sp³-hybridized carbons (Fsp3) is 0.400. The van der Waals surface area contributed by atoms with Gasteiger partial charge in [0.15, 0.2) is 0 Å². The van der Waals surface area contributed by atoms with Gasteiger partial charge in [-0.25, -0.2) is 10.1 Å². The molecule has 1 rings (SSSR count). The highest BCUT2D eigenvalue weighted by Crippen LogP contribution is 1.88. The van der Waals surface area contributed by atoms with Crippen LogP contribution in [0.2, 0.25) is 0 Å². The number of aromatic nitrogens is 2. The van der Waals surface area contributed by atoms with Crippen LogP contribution in [-0.2, 0) is 21.0 Å². The Labute approximate surface area is 82.4 Å². The minimum Gasteiger partial charge on any atom is -0.335 e. The van der Waals surface area contributed by atoms with Crippen LogP contribution < -0.4 is 5.14 Å². The number of hydrogen-bond donors (Lipinski definition) is 1. The summed E-state index contributed by atoms with van der Waals surface area (Å²) in [6.45, 7) is 0.436. The molecule has 0 bridgehead atoms. The lowest BCUT2D eigenvalue weighted by Crippen LogP contribution is -2.18. The Bertz CT molecular complexity index is 323. The third-order valence-electron chi connectivity index (χ3n) is 1.16. The maximum Gasteiger partial charge on any atom is 0.333 e. The van der Waals surface area contributed by atoms with Crippen LogP contribution in [-0.4, -0.2) is 24.6 Å². The van der Waals surface area contributed by atoms with Crippen molar-refractivity contribution in [3.8, 4) is 0 Å². The van der Waals surface area contributed by atoms with Gasteiger partial charge in [0.2, 0.25) is 0 Å². The van der Waals surface area contributed by atoms with Crippen molar-refractivity contribution in [2.24, 2.45) is 5.14 Å². The Morgan fingerprint density at radius 1 is 1.54 bits per heavy atom. The Hall–Kier alpha value is -0.630. The van der Waals surface area contributed by atoms with Crippen molar-refractivity contribution in [3.05, 3.63) is 18.7 Å². The maximum atomic E-state index is 10.3. The van der Waals surface area contributed by atoms with Crippen molar-refractivity contribution in [2.45, 2.75) is 6.54 Å². The highest BCUT2D eigenvalue weighted by Gasteiger charge is 2.00. The number of rotatable bonds is 4. The van der Waals surface area contributed by atoms with Gasteiger partial charge in [-0.3, -0.25) is 4.18 Å². The van der Waals surface area contributed by atoms with E-state index in [1.165, 1.54) is 0 Å². The van der Waals surface area contributed by atoms with Crippen LogP contribution in [0.15, 0.2) is 18.7 Å². The van der Waals surface area contributed by atoms with E-state index < -0.39 is 10.3 Å². The molecule has 0 amide bonds. The molecular formula is C5H10ClN3O3S. The molecule has 0 saturated carbocycles. The summed E-state index contributed by atoms with van der Waals surface area (Å²) in [5.74, 6) is 0. The normalized spacial score (nSPS) is 10.8. The van der Waals surface area contributed by atoms with Gasteiger partial charge in [-0.1, -0.05) is 0 Å². The summed E-state index contributed by atoms with van der Waals surface area (Å²) in [7, 11) is -3.81. The van der Waals surface area contributed by atoms with E-state index in [1.54, 1.807) is 23.3 Å². The van der Waals surface area contributed by atoms with Gasteiger partial charge in [-0.05, 0) is 0 Å². The zero-order chi connectivity index (χ0) is 9.03. The van der Waals surface area contributed by atoms with Crippen LogP contribution in [0.3, 0.4) is 0 Å². The molecule has 1 aromatic heterocycles. The monoisotopic (exact) mass is 227 g/mol. The Kier molecular flexibility index (Phi) is 4.92. The summed E-state index contributed by atoms with van der Waals surface area (Å²) >= 11 is 0. The first kappa shape index (κ1) is 12.4. The topological polar surface area (TPSA) is 87.2 Å².